The van der Waals surface area contributed by atoms with Gasteiger partial charge >= 0.3 is 0 Å². The number of nitrogens with zero attached hydrogens (tertiary/aromatic N) is 1. The van der Waals surface area contributed by atoms with Crippen molar-refractivity contribution in [3.8, 4) is 0 Å². The van der Waals surface area contributed by atoms with Crippen LogP contribution in [0, 0.1) is 0 Å². The Balaban J connectivity index is 1.76. The van der Waals surface area contributed by atoms with Crippen LogP contribution < -0.4 is 5.32 Å². The molecule has 16 heavy (non-hydrogen) atoms. The summed E-state index contributed by atoms with van der Waals surface area (Å²) in [5, 5.41) is 3.51. The van der Waals surface area contributed by atoms with Crippen LogP contribution in [0.5, 0.6) is 0 Å². The summed E-state index contributed by atoms with van der Waals surface area (Å²) in [7, 11) is 0. The van der Waals surface area contributed by atoms with Crippen molar-refractivity contribution >= 4 is 0 Å². The Hall–Kier alpha value is -0.120. The smallest absolute Gasteiger partial charge is 0.118 e. The summed E-state index contributed by atoms with van der Waals surface area (Å²) in [5.74, 6) is 0. The first-order chi connectivity index (χ1) is 7.49. The van der Waals surface area contributed by atoms with Gasteiger partial charge in [0.05, 0.1) is 5.60 Å². The van der Waals surface area contributed by atoms with E-state index in [0.717, 1.165) is 13.0 Å². The molecule has 2 rings (SSSR count). The van der Waals surface area contributed by atoms with E-state index in [1.54, 1.807) is 0 Å². The monoisotopic (exact) mass is 226 g/mol. The van der Waals surface area contributed by atoms with Crippen LogP contribution in [0.25, 0.3) is 0 Å². The molecule has 0 aromatic carbocycles. The van der Waals surface area contributed by atoms with Gasteiger partial charge in [0, 0.05) is 19.5 Å². The molecule has 1 atom stereocenters. The minimum absolute atomic E-state index is 0.00333. The molecule has 2 aliphatic rings. The summed E-state index contributed by atoms with van der Waals surface area (Å²) >= 11 is 0. The lowest BCUT2D eigenvalue weighted by Gasteiger charge is -2.32. The molecule has 0 radical (unpaired) electrons. The van der Waals surface area contributed by atoms with Crippen molar-refractivity contribution in [3.05, 3.63) is 0 Å². The molecule has 0 saturated carbocycles. The van der Waals surface area contributed by atoms with Gasteiger partial charge in [0.15, 0.2) is 0 Å². The Labute approximate surface area is 99.5 Å². The fraction of sp³-hybridized carbons (Fsp3) is 1.00. The Kier molecular flexibility index (Phi) is 3.57. The molecule has 2 heterocycles. The van der Waals surface area contributed by atoms with Crippen LogP contribution in [-0.2, 0) is 4.74 Å². The standard InChI is InChI=1S/C13H26N2O/c1-12(2)11-14-13(3,16-12)7-10-15-8-5-4-6-9-15/h14H,4-11H2,1-3H3. The minimum atomic E-state index is -0.110. The maximum atomic E-state index is 6.09. The molecule has 3 nitrogen and oxygen atoms in total. The van der Waals surface area contributed by atoms with Crippen LogP contribution in [0.15, 0.2) is 0 Å². The molecule has 0 spiro atoms. The predicted molar refractivity (Wildman–Crippen MR) is 66.5 cm³/mol. The molecule has 0 aliphatic carbocycles. The molecule has 94 valence electrons. The van der Waals surface area contributed by atoms with Crippen LogP contribution in [0.4, 0.5) is 0 Å². The minimum Gasteiger partial charge on any atom is -0.354 e. The number of rotatable bonds is 3. The average molecular weight is 226 g/mol. The normalized spacial score (nSPS) is 35.4. The van der Waals surface area contributed by atoms with Gasteiger partial charge in [0.25, 0.3) is 0 Å². The predicted octanol–water partition coefficient (Wildman–Crippen LogP) is 1.98. The van der Waals surface area contributed by atoms with Crippen molar-refractivity contribution in [1.82, 2.24) is 10.2 Å². The van der Waals surface area contributed by atoms with Crippen molar-refractivity contribution in [3.63, 3.8) is 0 Å². The molecule has 0 aromatic rings. The third-order valence-electron chi connectivity index (χ3n) is 3.74. The van der Waals surface area contributed by atoms with Crippen LogP contribution in [0.2, 0.25) is 0 Å². The number of hydrogen-bond donors (Lipinski definition) is 1. The zero-order valence-electron chi connectivity index (χ0n) is 11.0. The van der Waals surface area contributed by atoms with Gasteiger partial charge in [-0.25, -0.2) is 0 Å². The first kappa shape index (κ1) is 12.3. The molecule has 2 saturated heterocycles. The summed E-state index contributed by atoms with van der Waals surface area (Å²) in [4.78, 5) is 2.57. The molecule has 0 bridgehead atoms. The van der Waals surface area contributed by atoms with Gasteiger partial charge in [-0.1, -0.05) is 6.42 Å². The molecule has 0 aromatic heterocycles. The van der Waals surface area contributed by atoms with Crippen LogP contribution in [0.3, 0.4) is 0 Å². The molecule has 2 fully saturated rings. The van der Waals surface area contributed by atoms with Gasteiger partial charge in [0.2, 0.25) is 0 Å². The Morgan fingerprint density at radius 3 is 2.38 bits per heavy atom. The summed E-state index contributed by atoms with van der Waals surface area (Å²) in [5.41, 5.74) is -0.113. The zero-order chi connectivity index (χ0) is 11.6. The van der Waals surface area contributed by atoms with Gasteiger partial charge in [-0.2, -0.15) is 0 Å². The van der Waals surface area contributed by atoms with E-state index in [0.29, 0.717) is 0 Å². The van der Waals surface area contributed by atoms with E-state index in [9.17, 15) is 0 Å². The number of ether oxygens (including phenoxy) is 1. The quantitative estimate of drug-likeness (QED) is 0.796. The van der Waals surface area contributed by atoms with Crippen LogP contribution in [-0.4, -0.2) is 42.4 Å². The fourth-order valence-electron chi connectivity index (χ4n) is 2.78. The van der Waals surface area contributed by atoms with Gasteiger partial charge in [-0.15, -0.1) is 0 Å². The second-order valence-electron chi connectivity index (χ2n) is 6.10. The highest BCUT2D eigenvalue weighted by Crippen LogP contribution is 2.28. The van der Waals surface area contributed by atoms with E-state index in [-0.39, 0.29) is 11.3 Å². The van der Waals surface area contributed by atoms with Gasteiger partial charge < -0.3 is 9.64 Å². The van der Waals surface area contributed by atoms with E-state index in [4.69, 9.17) is 4.74 Å². The van der Waals surface area contributed by atoms with Crippen molar-refractivity contribution in [1.29, 1.82) is 0 Å². The number of hydrogen-bond acceptors (Lipinski definition) is 3. The highest BCUT2D eigenvalue weighted by molar-refractivity contribution is 4.90. The van der Waals surface area contributed by atoms with Gasteiger partial charge in [-0.05, 0) is 46.7 Å². The van der Waals surface area contributed by atoms with Gasteiger partial charge in [0.1, 0.15) is 5.72 Å². The SMILES string of the molecule is CC1(C)CNC(C)(CCN2CCCCC2)O1. The molecule has 1 unspecified atom stereocenters. The second-order valence-corrected chi connectivity index (χ2v) is 6.10. The highest BCUT2D eigenvalue weighted by Gasteiger charge is 2.40. The molecular weight excluding hydrogens is 200 g/mol. The lowest BCUT2D eigenvalue weighted by atomic mass is 10.1. The van der Waals surface area contributed by atoms with E-state index in [2.05, 4.69) is 31.0 Å². The van der Waals surface area contributed by atoms with E-state index < -0.39 is 0 Å². The second kappa shape index (κ2) is 4.63. The summed E-state index contributed by atoms with van der Waals surface area (Å²) in [6, 6.07) is 0. The van der Waals surface area contributed by atoms with Crippen molar-refractivity contribution < 1.29 is 4.74 Å². The number of piperidine rings is 1. The molecular formula is C13H26N2O. The molecule has 0 amide bonds. The fourth-order valence-corrected chi connectivity index (χ4v) is 2.78. The van der Waals surface area contributed by atoms with Crippen molar-refractivity contribution in [2.45, 2.75) is 57.8 Å². The third kappa shape index (κ3) is 3.19. The first-order valence-electron chi connectivity index (χ1n) is 6.67. The van der Waals surface area contributed by atoms with Crippen LogP contribution >= 0.6 is 0 Å². The maximum absolute atomic E-state index is 6.09. The van der Waals surface area contributed by atoms with Crippen LogP contribution in [0.1, 0.15) is 46.5 Å². The summed E-state index contributed by atoms with van der Waals surface area (Å²) < 4.78 is 6.09. The lowest BCUT2D eigenvalue weighted by molar-refractivity contribution is -0.0869. The highest BCUT2D eigenvalue weighted by atomic mass is 16.5. The topological polar surface area (TPSA) is 24.5 Å². The van der Waals surface area contributed by atoms with Crippen molar-refractivity contribution in [2.24, 2.45) is 0 Å². The van der Waals surface area contributed by atoms with Crippen molar-refractivity contribution in [2.75, 3.05) is 26.2 Å². The first-order valence-corrected chi connectivity index (χ1v) is 6.67. The summed E-state index contributed by atoms with van der Waals surface area (Å²) in [6.07, 6.45) is 5.25. The summed E-state index contributed by atoms with van der Waals surface area (Å²) in [6.45, 7) is 11.2. The van der Waals surface area contributed by atoms with E-state index >= 15 is 0 Å². The zero-order valence-corrected chi connectivity index (χ0v) is 11.0. The third-order valence-corrected chi connectivity index (χ3v) is 3.74. The van der Waals surface area contributed by atoms with E-state index in [1.165, 1.54) is 38.9 Å². The largest absolute Gasteiger partial charge is 0.354 e. The Bertz CT molecular complexity index is 236. The number of likely N-dealkylation sites (tertiary alicyclic amines) is 1. The lowest BCUT2D eigenvalue weighted by Crippen LogP contribution is -2.42. The Morgan fingerprint density at radius 2 is 1.81 bits per heavy atom. The van der Waals surface area contributed by atoms with E-state index in [1.807, 2.05) is 0 Å². The Morgan fingerprint density at radius 1 is 1.12 bits per heavy atom. The van der Waals surface area contributed by atoms with Gasteiger partial charge in [-0.3, -0.25) is 5.32 Å². The molecule has 1 N–H and O–H groups in total. The molecule has 3 heteroatoms. The molecule has 2 aliphatic heterocycles. The average Bonchev–Trinajstić information content (AvgIpc) is 2.53. The number of nitrogens with one attached hydrogen (secondary N) is 1. The maximum Gasteiger partial charge on any atom is 0.118 e.